The quantitative estimate of drug-likeness (QED) is 0.892. The molecule has 0 radical (unpaired) electrons. The van der Waals surface area contributed by atoms with Crippen molar-refractivity contribution >= 4 is 11.6 Å². The maximum Gasteiger partial charge on any atom is 0.232 e. The van der Waals surface area contributed by atoms with Crippen LogP contribution in [0.1, 0.15) is 18.4 Å². The van der Waals surface area contributed by atoms with Crippen LogP contribution in [0.4, 0.5) is 14.5 Å². The second-order valence-electron chi connectivity index (χ2n) is 5.13. The van der Waals surface area contributed by atoms with Gasteiger partial charge >= 0.3 is 0 Å². The lowest BCUT2D eigenvalue weighted by atomic mass is 9.79. The van der Waals surface area contributed by atoms with E-state index in [4.69, 9.17) is 10.5 Å². The van der Waals surface area contributed by atoms with Crippen molar-refractivity contribution in [3.8, 4) is 0 Å². The van der Waals surface area contributed by atoms with E-state index in [1.165, 1.54) is 6.92 Å². The molecule has 1 fully saturated rings. The zero-order chi connectivity index (χ0) is 14.8. The largest absolute Gasteiger partial charge is 0.381 e. The number of halogens is 2. The van der Waals surface area contributed by atoms with Crippen LogP contribution in [0.15, 0.2) is 12.1 Å². The molecule has 6 heteroatoms. The van der Waals surface area contributed by atoms with Crippen molar-refractivity contribution in [3.63, 3.8) is 0 Å². The minimum atomic E-state index is -0.772. The summed E-state index contributed by atoms with van der Waals surface area (Å²) in [5.74, 6) is -1.60. The van der Waals surface area contributed by atoms with Gasteiger partial charge in [-0.2, -0.15) is 0 Å². The number of nitrogens with one attached hydrogen (secondary N) is 1. The normalized spacial score (nSPS) is 17.8. The molecule has 1 aliphatic heterocycles. The molecule has 1 amide bonds. The lowest BCUT2D eigenvalue weighted by molar-refractivity contribution is -0.130. The minimum Gasteiger partial charge on any atom is -0.381 e. The van der Waals surface area contributed by atoms with Crippen LogP contribution in [0, 0.1) is 24.0 Å². The van der Waals surface area contributed by atoms with E-state index >= 15 is 0 Å². The van der Waals surface area contributed by atoms with Crippen LogP contribution in [-0.4, -0.2) is 25.7 Å². The molecule has 0 unspecified atom stereocenters. The molecule has 0 aromatic heterocycles. The smallest absolute Gasteiger partial charge is 0.232 e. The Morgan fingerprint density at radius 3 is 2.60 bits per heavy atom. The predicted molar refractivity (Wildman–Crippen MR) is 71.3 cm³/mol. The van der Waals surface area contributed by atoms with E-state index in [0.717, 1.165) is 12.1 Å². The van der Waals surface area contributed by atoms with E-state index in [1.807, 2.05) is 0 Å². The van der Waals surface area contributed by atoms with Crippen molar-refractivity contribution in [1.29, 1.82) is 0 Å². The van der Waals surface area contributed by atoms with Crippen molar-refractivity contribution in [1.82, 2.24) is 0 Å². The first kappa shape index (κ1) is 14.9. The summed E-state index contributed by atoms with van der Waals surface area (Å²) in [6, 6.07) is 2.05. The zero-order valence-corrected chi connectivity index (χ0v) is 11.3. The first-order chi connectivity index (χ1) is 9.48. The molecule has 1 saturated heterocycles. The maximum atomic E-state index is 13.7. The van der Waals surface area contributed by atoms with Crippen LogP contribution in [-0.2, 0) is 9.53 Å². The van der Waals surface area contributed by atoms with E-state index in [9.17, 15) is 13.6 Å². The molecule has 110 valence electrons. The molecule has 4 nitrogen and oxygen atoms in total. The molecule has 1 heterocycles. The molecule has 20 heavy (non-hydrogen) atoms. The van der Waals surface area contributed by atoms with Crippen LogP contribution in [0.5, 0.6) is 0 Å². The highest BCUT2D eigenvalue weighted by molar-refractivity contribution is 5.95. The highest BCUT2D eigenvalue weighted by atomic mass is 19.1. The van der Waals surface area contributed by atoms with Gasteiger partial charge in [0.2, 0.25) is 5.91 Å². The van der Waals surface area contributed by atoms with Gasteiger partial charge in [0.25, 0.3) is 0 Å². The Balaban J connectivity index is 2.20. The molecule has 0 atom stereocenters. The number of hydrogen-bond donors (Lipinski definition) is 2. The molecule has 0 spiro atoms. The van der Waals surface area contributed by atoms with Crippen molar-refractivity contribution in [2.45, 2.75) is 19.8 Å². The van der Waals surface area contributed by atoms with Gasteiger partial charge in [0.15, 0.2) is 0 Å². The van der Waals surface area contributed by atoms with Crippen molar-refractivity contribution < 1.29 is 18.3 Å². The van der Waals surface area contributed by atoms with Gasteiger partial charge in [-0.05, 0) is 31.4 Å². The number of amides is 1. The number of ether oxygens (including phenoxy) is 1. The van der Waals surface area contributed by atoms with Gasteiger partial charge in [0.05, 0.1) is 11.1 Å². The first-order valence-electron chi connectivity index (χ1n) is 6.53. The fraction of sp³-hybridized carbons (Fsp3) is 0.500. The van der Waals surface area contributed by atoms with Crippen LogP contribution < -0.4 is 11.1 Å². The summed E-state index contributed by atoms with van der Waals surface area (Å²) < 4.78 is 32.4. The average Bonchev–Trinajstić information content (AvgIpc) is 2.45. The molecule has 1 aromatic carbocycles. The molecule has 0 bridgehead atoms. The summed E-state index contributed by atoms with van der Waals surface area (Å²) in [5, 5.41) is 2.45. The molecular weight excluding hydrogens is 266 g/mol. The molecule has 1 aromatic rings. The van der Waals surface area contributed by atoms with Gasteiger partial charge in [-0.25, -0.2) is 8.78 Å². The van der Waals surface area contributed by atoms with Crippen molar-refractivity contribution in [3.05, 3.63) is 29.3 Å². The second-order valence-corrected chi connectivity index (χ2v) is 5.13. The monoisotopic (exact) mass is 284 g/mol. The van der Waals surface area contributed by atoms with E-state index < -0.39 is 17.0 Å². The molecule has 0 aliphatic carbocycles. The fourth-order valence-electron chi connectivity index (χ4n) is 2.28. The van der Waals surface area contributed by atoms with Crippen LogP contribution in [0.3, 0.4) is 0 Å². The summed E-state index contributed by atoms with van der Waals surface area (Å²) >= 11 is 0. The third-order valence-corrected chi connectivity index (χ3v) is 3.82. The highest BCUT2D eigenvalue weighted by Gasteiger charge is 2.39. The number of carbonyl (C=O) groups excluding carboxylic acids is 1. The number of benzene rings is 1. The number of anilines is 1. The van der Waals surface area contributed by atoms with Crippen LogP contribution in [0.2, 0.25) is 0 Å². The van der Waals surface area contributed by atoms with Gasteiger partial charge in [-0.15, -0.1) is 0 Å². The third kappa shape index (κ3) is 2.81. The van der Waals surface area contributed by atoms with Gasteiger partial charge < -0.3 is 15.8 Å². The van der Waals surface area contributed by atoms with Crippen LogP contribution in [0.25, 0.3) is 0 Å². The van der Waals surface area contributed by atoms with Gasteiger partial charge in [0, 0.05) is 25.8 Å². The Morgan fingerprint density at radius 2 is 2.00 bits per heavy atom. The lowest BCUT2D eigenvalue weighted by Crippen LogP contribution is -2.46. The fourth-order valence-corrected chi connectivity index (χ4v) is 2.28. The Morgan fingerprint density at radius 1 is 1.35 bits per heavy atom. The SMILES string of the molecule is Cc1cc(F)c(NC(=O)C2(CN)CCOCC2)cc1F. The second kappa shape index (κ2) is 5.85. The zero-order valence-electron chi connectivity index (χ0n) is 11.3. The van der Waals surface area contributed by atoms with Crippen LogP contribution >= 0.6 is 0 Å². The third-order valence-electron chi connectivity index (χ3n) is 3.82. The van der Waals surface area contributed by atoms with E-state index in [-0.39, 0.29) is 23.7 Å². The Kier molecular flexibility index (Phi) is 4.35. The standard InChI is InChI=1S/C14H18F2N2O2/c1-9-6-11(16)12(7-10(9)15)18-13(19)14(8-17)2-4-20-5-3-14/h6-7H,2-5,8,17H2,1H3,(H,18,19). The highest BCUT2D eigenvalue weighted by Crippen LogP contribution is 2.31. The predicted octanol–water partition coefficient (Wildman–Crippen LogP) is 1.97. The van der Waals surface area contributed by atoms with Gasteiger partial charge in [-0.1, -0.05) is 0 Å². The molecule has 0 saturated carbocycles. The Bertz CT molecular complexity index is 514. The van der Waals surface area contributed by atoms with Gasteiger partial charge in [0.1, 0.15) is 11.6 Å². The Hall–Kier alpha value is -1.53. The first-order valence-corrected chi connectivity index (χ1v) is 6.53. The van der Waals surface area contributed by atoms with E-state index in [2.05, 4.69) is 5.32 Å². The Labute approximate surface area is 116 Å². The van der Waals surface area contributed by atoms with Crippen molar-refractivity contribution in [2.75, 3.05) is 25.1 Å². The molecule has 1 aliphatic rings. The van der Waals surface area contributed by atoms with E-state index in [0.29, 0.717) is 26.1 Å². The molecule has 3 N–H and O–H groups in total. The lowest BCUT2D eigenvalue weighted by Gasteiger charge is -2.34. The molecular formula is C14H18F2N2O2. The maximum absolute atomic E-state index is 13.7. The van der Waals surface area contributed by atoms with E-state index in [1.54, 1.807) is 0 Å². The van der Waals surface area contributed by atoms with Gasteiger partial charge in [-0.3, -0.25) is 4.79 Å². The number of nitrogens with two attached hydrogens (primary N) is 1. The number of carbonyl (C=O) groups is 1. The summed E-state index contributed by atoms with van der Waals surface area (Å²) in [6.07, 6.45) is 0.955. The molecule has 2 rings (SSSR count). The summed E-state index contributed by atoms with van der Waals surface area (Å²) in [6.45, 7) is 2.49. The average molecular weight is 284 g/mol. The topological polar surface area (TPSA) is 64.4 Å². The number of hydrogen-bond acceptors (Lipinski definition) is 3. The summed E-state index contributed by atoms with van der Waals surface area (Å²) in [4.78, 5) is 12.3. The number of aryl methyl sites for hydroxylation is 1. The minimum absolute atomic E-state index is 0.151. The van der Waals surface area contributed by atoms with Crippen molar-refractivity contribution in [2.24, 2.45) is 11.1 Å². The number of rotatable bonds is 3. The summed E-state index contributed by atoms with van der Waals surface area (Å²) in [5.41, 5.74) is 4.97. The summed E-state index contributed by atoms with van der Waals surface area (Å²) in [7, 11) is 0.